The van der Waals surface area contributed by atoms with Gasteiger partial charge in [-0.1, -0.05) is 146 Å². The van der Waals surface area contributed by atoms with E-state index in [-0.39, 0.29) is 51.0 Å². The summed E-state index contributed by atoms with van der Waals surface area (Å²) < 4.78 is 0. The molecule has 494 valence electrons. The number of fused-ring (bicyclic) bond motifs is 1. The standard InChI is InChI=1S/C66H101N9O14/c1-6-7-8-9-10-11-12-13-14-15-16-17-21-30-58(83)74-61(44(5)79)65(89)75-60(42(2)3)57(82)37-47(34-45-25-19-18-20-26-45)63(87)72-53(35-48-39-70-52-29-23-22-28-50(48)52)55(80)38-49(40-76)64(88)73-54(41-77)56(81)36-46(27-24-33-69-66(67)68)62(86)71-51(43(4)78)31-32-59(84)85/h18-20,22-23,25-26,28-29,39,42,44,46-47,49,51,53-54,60-61,70,76-77,79H,6-17,21,24,27,30-38,40-41H2,1-5H3,(H,71,86)(H,72,87)(H,73,88)(H,74,83)(H,75,89)(H,84,85)(H4,67,68,69)/t44-,46-,47-,49+,51+,53+,54+,60+,61+/m1/s1. The summed E-state index contributed by atoms with van der Waals surface area (Å²) in [5, 5.41) is 54.8. The SMILES string of the molecule is CCCCCCCCCCCCCCCC(=O)N[C@H](C(=O)N[C@H](C(=O)C[C@@H](Cc1ccccc1)C(=O)N[C@@H](Cc1c[nH]c2ccccc12)C(=O)C[C@@H](CO)C(=O)N[C@@H](CO)C(=O)C[C@@H](CCCN=C(N)N)C(=O)N[C@@H](CCC(=O)O)C(C)=O)C(C)C)[C@@H](C)O. The van der Waals surface area contributed by atoms with Gasteiger partial charge in [-0.25, -0.2) is 0 Å². The summed E-state index contributed by atoms with van der Waals surface area (Å²) in [6, 6.07) is 9.28. The molecule has 0 bridgehead atoms. The number of benzene rings is 2. The molecule has 0 saturated heterocycles. The van der Waals surface area contributed by atoms with Crippen molar-refractivity contribution in [1.29, 1.82) is 0 Å². The molecule has 0 fully saturated rings. The number of unbranched alkanes of at least 4 members (excludes halogenated alkanes) is 12. The molecule has 89 heavy (non-hydrogen) atoms. The molecule has 0 unspecified atom stereocenters. The summed E-state index contributed by atoms with van der Waals surface area (Å²) in [4.78, 5) is 143. The topological polar surface area (TPSA) is 392 Å². The smallest absolute Gasteiger partial charge is 0.303 e. The lowest BCUT2D eigenvalue weighted by molar-refractivity contribution is -0.138. The summed E-state index contributed by atoms with van der Waals surface area (Å²) in [6.07, 6.45) is 13.0. The molecule has 0 radical (unpaired) electrons. The number of aliphatic carboxylic acids is 1. The Balaban J connectivity index is 1.82. The molecule has 0 aliphatic rings. The predicted octanol–water partition coefficient (Wildman–Crippen LogP) is 5.11. The average Bonchev–Trinajstić information content (AvgIpc) is 3.76. The monoisotopic (exact) mass is 1240 g/mol. The van der Waals surface area contributed by atoms with E-state index in [2.05, 4.69) is 43.5 Å². The van der Waals surface area contributed by atoms with Gasteiger partial charge in [0.25, 0.3) is 0 Å². The number of rotatable bonds is 48. The van der Waals surface area contributed by atoms with E-state index in [9.17, 15) is 68.4 Å². The van der Waals surface area contributed by atoms with Crippen molar-refractivity contribution in [3.05, 3.63) is 71.9 Å². The normalized spacial score (nSPS) is 14.4. The van der Waals surface area contributed by atoms with Crippen LogP contribution in [0.4, 0.5) is 0 Å². The number of ketones is 4. The number of carboxylic acid groups (broad SMARTS) is 1. The minimum absolute atomic E-state index is 0.00971. The van der Waals surface area contributed by atoms with Crippen molar-refractivity contribution < 1.29 is 68.4 Å². The molecule has 2 aromatic carbocycles. The van der Waals surface area contributed by atoms with Gasteiger partial charge >= 0.3 is 5.97 Å². The van der Waals surface area contributed by atoms with Gasteiger partial charge in [0.05, 0.1) is 43.4 Å². The van der Waals surface area contributed by atoms with E-state index in [1.165, 1.54) is 65.2 Å². The zero-order valence-electron chi connectivity index (χ0n) is 52.9. The molecule has 5 amide bonds. The van der Waals surface area contributed by atoms with Crippen molar-refractivity contribution >= 4 is 75.5 Å². The van der Waals surface area contributed by atoms with Crippen LogP contribution >= 0.6 is 0 Å². The number of hydrogen-bond acceptors (Lipinski definition) is 14. The Morgan fingerprint density at radius 3 is 1.66 bits per heavy atom. The maximum atomic E-state index is 14.8. The number of aromatic nitrogens is 1. The van der Waals surface area contributed by atoms with Crippen molar-refractivity contribution in [3.8, 4) is 0 Å². The number of guanidine groups is 1. The lowest BCUT2D eigenvalue weighted by atomic mass is 9.87. The highest BCUT2D eigenvalue weighted by atomic mass is 16.4. The van der Waals surface area contributed by atoms with E-state index in [0.29, 0.717) is 17.5 Å². The van der Waals surface area contributed by atoms with Crippen LogP contribution in [0.15, 0.2) is 65.8 Å². The zero-order valence-corrected chi connectivity index (χ0v) is 52.9. The fraction of sp³-hybridized carbons (Fsp3) is 0.621. The minimum atomic E-state index is -1.65. The number of aromatic amines is 1. The van der Waals surface area contributed by atoms with E-state index in [0.717, 1.165) is 36.6 Å². The fourth-order valence-electron chi connectivity index (χ4n) is 10.7. The second-order valence-corrected chi connectivity index (χ2v) is 23.9. The van der Waals surface area contributed by atoms with Crippen LogP contribution in [-0.2, 0) is 60.8 Å². The Labute approximate surface area is 523 Å². The summed E-state index contributed by atoms with van der Waals surface area (Å²) in [6.45, 7) is 6.33. The van der Waals surface area contributed by atoms with E-state index in [4.69, 9.17) is 11.5 Å². The molecule has 0 aliphatic heterocycles. The molecule has 1 heterocycles. The summed E-state index contributed by atoms with van der Waals surface area (Å²) in [7, 11) is 0. The van der Waals surface area contributed by atoms with Crippen LogP contribution < -0.4 is 38.1 Å². The molecule has 3 aromatic rings. The van der Waals surface area contributed by atoms with Gasteiger partial charge in [-0.05, 0) is 69.1 Å². The second-order valence-electron chi connectivity index (χ2n) is 23.9. The first kappa shape index (κ1) is 75.9. The third-order valence-electron chi connectivity index (χ3n) is 16.1. The predicted molar refractivity (Wildman–Crippen MR) is 340 cm³/mol. The molecule has 1 aromatic heterocycles. The van der Waals surface area contributed by atoms with E-state index >= 15 is 0 Å². The highest BCUT2D eigenvalue weighted by molar-refractivity contribution is 5.99. The van der Waals surface area contributed by atoms with E-state index in [1.54, 1.807) is 62.5 Å². The molecule has 3 rings (SSSR count). The second kappa shape index (κ2) is 41.8. The maximum Gasteiger partial charge on any atom is 0.303 e. The maximum absolute atomic E-state index is 14.8. The number of nitrogens with two attached hydrogens (primary N) is 2. The number of aliphatic hydroxyl groups is 3. The number of aliphatic imine (C=N–C) groups is 1. The van der Waals surface area contributed by atoms with Gasteiger partial charge in [-0.15, -0.1) is 0 Å². The first-order valence-corrected chi connectivity index (χ1v) is 31.8. The Kier molecular flexibility index (Phi) is 35.6. The van der Waals surface area contributed by atoms with Crippen LogP contribution in [0.25, 0.3) is 10.9 Å². The van der Waals surface area contributed by atoms with Crippen LogP contribution in [0.2, 0.25) is 0 Å². The Bertz CT molecular complexity index is 2750. The lowest BCUT2D eigenvalue weighted by Gasteiger charge is -2.28. The number of nitrogens with one attached hydrogen (secondary N) is 6. The van der Waals surface area contributed by atoms with Gasteiger partial charge < -0.3 is 63.5 Å². The molecule has 0 saturated carbocycles. The fourth-order valence-corrected chi connectivity index (χ4v) is 10.7. The minimum Gasteiger partial charge on any atom is -0.481 e. The van der Waals surface area contributed by atoms with Crippen molar-refractivity contribution in [1.82, 2.24) is 31.6 Å². The number of Topliss-reactive ketones (excluding diaryl/α,β-unsaturated/α-hetero) is 4. The van der Waals surface area contributed by atoms with Crippen LogP contribution in [0, 0.1) is 23.7 Å². The van der Waals surface area contributed by atoms with Gasteiger partial charge in [0, 0.05) is 74.0 Å². The zero-order chi connectivity index (χ0) is 65.8. The Hall–Kier alpha value is -7.37. The molecular weight excluding hydrogens is 1140 g/mol. The number of carbonyl (C=O) groups is 10. The molecular formula is C66H101N9O14. The lowest BCUT2D eigenvalue weighted by Crippen LogP contribution is -2.57. The number of aliphatic hydroxyl groups excluding tert-OH is 3. The highest BCUT2D eigenvalue weighted by Gasteiger charge is 2.37. The third kappa shape index (κ3) is 28.8. The van der Waals surface area contributed by atoms with Gasteiger partial charge in [-0.2, -0.15) is 0 Å². The molecule has 23 nitrogen and oxygen atoms in total. The van der Waals surface area contributed by atoms with Gasteiger partial charge in [0.15, 0.2) is 29.1 Å². The number of para-hydroxylation sites is 1. The molecule has 9 atom stereocenters. The van der Waals surface area contributed by atoms with Gasteiger partial charge in [0.1, 0.15) is 12.1 Å². The van der Waals surface area contributed by atoms with Crippen molar-refractivity contribution in [2.75, 3.05) is 19.8 Å². The summed E-state index contributed by atoms with van der Waals surface area (Å²) >= 11 is 0. The van der Waals surface area contributed by atoms with E-state index < -0.39 is 158 Å². The Morgan fingerprint density at radius 2 is 1.09 bits per heavy atom. The van der Waals surface area contributed by atoms with Crippen LogP contribution in [0.3, 0.4) is 0 Å². The van der Waals surface area contributed by atoms with Crippen LogP contribution in [0.5, 0.6) is 0 Å². The average molecular weight is 1240 g/mol. The first-order valence-electron chi connectivity index (χ1n) is 31.8. The van der Waals surface area contributed by atoms with Crippen LogP contribution in [0.1, 0.15) is 181 Å². The third-order valence-corrected chi connectivity index (χ3v) is 16.1. The molecule has 0 spiro atoms. The number of H-pyrrole nitrogens is 1. The molecule has 14 N–H and O–H groups in total. The quantitative estimate of drug-likeness (QED) is 0.0198. The Morgan fingerprint density at radius 1 is 0.551 bits per heavy atom. The van der Waals surface area contributed by atoms with E-state index in [1.807, 2.05) is 12.1 Å². The van der Waals surface area contributed by atoms with Crippen molar-refractivity contribution in [2.45, 2.75) is 219 Å². The summed E-state index contributed by atoms with van der Waals surface area (Å²) in [5.41, 5.74) is 12.9. The molecule has 0 aliphatic carbocycles. The number of nitrogens with zero attached hydrogens (tertiary/aromatic N) is 1. The van der Waals surface area contributed by atoms with Crippen molar-refractivity contribution in [2.24, 2.45) is 40.1 Å². The van der Waals surface area contributed by atoms with Gasteiger partial charge in [-0.3, -0.25) is 52.9 Å². The molecule has 23 heteroatoms. The largest absolute Gasteiger partial charge is 0.481 e. The number of hydrogen-bond donors (Lipinski definition) is 12. The number of amides is 5. The number of carboxylic acids is 1. The highest BCUT2D eigenvalue weighted by Crippen LogP contribution is 2.24. The first-order chi connectivity index (χ1) is 42.5. The van der Waals surface area contributed by atoms with Gasteiger partial charge in [0.2, 0.25) is 29.5 Å². The number of carbonyl (C=O) groups excluding carboxylic acids is 9. The van der Waals surface area contributed by atoms with Crippen molar-refractivity contribution in [3.63, 3.8) is 0 Å². The van der Waals surface area contributed by atoms with Crippen LogP contribution in [-0.4, -0.2) is 146 Å². The summed E-state index contributed by atoms with van der Waals surface area (Å²) in [5.74, 6) is -12.1.